The number of anilines is 2. The van der Waals surface area contributed by atoms with Gasteiger partial charge in [-0.25, -0.2) is 4.79 Å². The molecule has 33 heavy (non-hydrogen) atoms. The quantitative estimate of drug-likeness (QED) is 0.523. The van der Waals surface area contributed by atoms with Crippen LogP contribution in [0.5, 0.6) is 11.5 Å². The van der Waals surface area contributed by atoms with E-state index in [0.29, 0.717) is 12.8 Å². The van der Waals surface area contributed by atoms with E-state index in [2.05, 4.69) is 9.72 Å². The number of nitrogen functional groups attached to an aromatic ring is 1. The van der Waals surface area contributed by atoms with Crippen molar-refractivity contribution < 1.29 is 23.0 Å². The Morgan fingerprint density at radius 1 is 1.27 bits per heavy atom. The summed E-state index contributed by atoms with van der Waals surface area (Å²) in [6.07, 6.45) is 1.87. The van der Waals surface area contributed by atoms with Crippen LogP contribution in [0, 0.1) is 5.92 Å². The highest BCUT2D eigenvalue weighted by molar-refractivity contribution is 6.09. The zero-order chi connectivity index (χ0) is 24.7. The van der Waals surface area contributed by atoms with Crippen LogP contribution in [0.15, 0.2) is 27.8 Å². The molecule has 0 bridgehead atoms. The van der Waals surface area contributed by atoms with Gasteiger partial charge in [0.15, 0.2) is 17.2 Å². The molecule has 0 fully saturated rings. The molecule has 0 aliphatic carbocycles. The average Bonchev–Trinajstić information content (AvgIpc) is 2.74. The first kappa shape index (κ1) is 25.9. The van der Waals surface area contributed by atoms with Crippen LogP contribution < -0.4 is 31.4 Å². The molecule has 2 rings (SSSR count). The van der Waals surface area contributed by atoms with E-state index in [4.69, 9.17) is 10.5 Å². The number of unbranched alkanes of at least 4 members (excludes halogenated alkanes) is 1. The Balaban J connectivity index is 2.70. The molecule has 182 valence electrons. The number of aromatic nitrogens is 2. The number of benzene rings is 1. The largest absolute Gasteiger partial charge is 0.493 e. The van der Waals surface area contributed by atoms with Gasteiger partial charge in [-0.2, -0.15) is 8.78 Å². The number of carbonyl (C=O) groups is 1. The second kappa shape index (κ2) is 11.5. The van der Waals surface area contributed by atoms with Crippen molar-refractivity contribution in [1.82, 2.24) is 9.55 Å². The van der Waals surface area contributed by atoms with Crippen LogP contribution >= 0.6 is 0 Å². The normalized spacial score (nSPS) is 11.2. The molecule has 0 aliphatic rings. The van der Waals surface area contributed by atoms with Gasteiger partial charge < -0.3 is 20.1 Å². The molecule has 1 aromatic carbocycles. The van der Waals surface area contributed by atoms with Crippen molar-refractivity contribution in [1.29, 1.82) is 0 Å². The number of alkyl halides is 2. The van der Waals surface area contributed by atoms with Crippen molar-refractivity contribution in [2.45, 2.75) is 53.2 Å². The molecule has 0 aliphatic heterocycles. The molecule has 9 nitrogen and oxygen atoms in total. The summed E-state index contributed by atoms with van der Waals surface area (Å²) in [7, 11) is 1.25. The molecule has 3 N–H and O–H groups in total. The number of methoxy groups -OCH3 is 1. The Kier molecular flexibility index (Phi) is 9.01. The van der Waals surface area contributed by atoms with E-state index >= 15 is 0 Å². The number of nitrogens with zero attached hydrogens (tertiary/aromatic N) is 2. The number of ether oxygens (including phenoxy) is 2. The second-order valence-electron chi connectivity index (χ2n) is 7.85. The van der Waals surface area contributed by atoms with Crippen molar-refractivity contribution in [2.24, 2.45) is 5.92 Å². The number of hydrogen-bond donors (Lipinski definition) is 2. The highest BCUT2D eigenvalue weighted by Gasteiger charge is 2.29. The zero-order valence-electron chi connectivity index (χ0n) is 19.2. The number of amides is 1. The van der Waals surface area contributed by atoms with Crippen LogP contribution in [0.3, 0.4) is 0 Å². The number of hydrogen-bond acceptors (Lipinski definition) is 6. The van der Waals surface area contributed by atoms with Crippen LogP contribution in [0.25, 0.3) is 0 Å². The first-order valence-corrected chi connectivity index (χ1v) is 10.7. The van der Waals surface area contributed by atoms with Crippen LogP contribution in [0.2, 0.25) is 0 Å². The minimum absolute atomic E-state index is 0.0566. The van der Waals surface area contributed by atoms with Gasteiger partial charge in [-0.05, 0) is 30.9 Å². The topological polar surface area (TPSA) is 120 Å². The molecule has 11 heteroatoms. The molecule has 0 spiro atoms. The van der Waals surface area contributed by atoms with Gasteiger partial charge >= 0.3 is 12.3 Å². The predicted molar refractivity (Wildman–Crippen MR) is 121 cm³/mol. The van der Waals surface area contributed by atoms with Crippen molar-refractivity contribution in [2.75, 3.05) is 24.3 Å². The van der Waals surface area contributed by atoms with Crippen molar-refractivity contribution in [3.8, 4) is 11.5 Å². The van der Waals surface area contributed by atoms with Crippen molar-refractivity contribution >= 4 is 17.4 Å². The van der Waals surface area contributed by atoms with Gasteiger partial charge in [0.1, 0.15) is 5.82 Å². The van der Waals surface area contributed by atoms with Gasteiger partial charge in [0.25, 0.3) is 11.5 Å². The summed E-state index contributed by atoms with van der Waals surface area (Å²) in [5, 5.41) is 0. The fraction of sp³-hybridized carbons (Fsp3) is 0.500. The fourth-order valence-corrected chi connectivity index (χ4v) is 3.28. The number of para-hydroxylation sites is 1. The lowest BCUT2D eigenvalue weighted by Crippen LogP contribution is -2.42. The van der Waals surface area contributed by atoms with Crippen LogP contribution in [-0.2, 0) is 6.54 Å². The first-order chi connectivity index (χ1) is 15.6. The summed E-state index contributed by atoms with van der Waals surface area (Å²) in [5.41, 5.74) is 4.21. The third-order valence-corrected chi connectivity index (χ3v) is 5.03. The standard InChI is InChI=1S/C22H30F2N4O5/c1-5-6-11-28-18(25)16(19(29)26-22(28)31)27(12-10-13(2)3)20(30)14-8-7-9-15(32-4)17(14)33-21(23)24/h7-9,13,21H,5-6,10-12,25H2,1-4H3,(H,26,29,31). The Morgan fingerprint density at radius 3 is 2.55 bits per heavy atom. The van der Waals surface area contributed by atoms with Crippen LogP contribution in [0.1, 0.15) is 50.4 Å². The number of aromatic amines is 1. The van der Waals surface area contributed by atoms with Gasteiger partial charge in [-0.1, -0.05) is 33.3 Å². The molecule has 0 saturated heterocycles. The van der Waals surface area contributed by atoms with E-state index in [1.807, 2.05) is 20.8 Å². The summed E-state index contributed by atoms with van der Waals surface area (Å²) in [5.74, 6) is -1.34. The number of rotatable bonds is 11. The second-order valence-corrected chi connectivity index (χ2v) is 7.85. The zero-order valence-corrected chi connectivity index (χ0v) is 19.2. The lowest BCUT2D eigenvalue weighted by molar-refractivity contribution is -0.0515. The van der Waals surface area contributed by atoms with Crippen molar-refractivity contribution in [3.05, 3.63) is 44.6 Å². The number of carbonyl (C=O) groups excluding carboxylic acids is 1. The molecule has 0 unspecified atom stereocenters. The molecule has 0 atom stereocenters. The van der Waals surface area contributed by atoms with Gasteiger partial charge in [-0.15, -0.1) is 0 Å². The smallest absolute Gasteiger partial charge is 0.387 e. The first-order valence-electron chi connectivity index (χ1n) is 10.7. The summed E-state index contributed by atoms with van der Waals surface area (Å²) in [4.78, 5) is 42.0. The molecular weight excluding hydrogens is 438 g/mol. The lowest BCUT2D eigenvalue weighted by Gasteiger charge is -2.26. The van der Waals surface area contributed by atoms with Gasteiger partial charge in [0, 0.05) is 13.1 Å². The van der Waals surface area contributed by atoms with Crippen LogP contribution in [0.4, 0.5) is 20.3 Å². The Bertz CT molecular complexity index is 1080. The van der Waals surface area contributed by atoms with E-state index in [0.717, 1.165) is 11.3 Å². The van der Waals surface area contributed by atoms with Gasteiger partial charge in [0.05, 0.1) is 12.7 Å². The van der Waals surface area contributed by atoms with E-state index in [1.165, 1.54) is 29.9 Å². The molecule has 1 amide bonds. The monoisotopic (exact) mass is 468 g/mol. The molecule has 0 radical (unpaired) electrons. The summed E-state index contributed by atoms with van der Waals surface area (Å²) in [6.45, 7) is 2.88. The molecule has 2 aromatic rings. The predicted octanol–water partition coefficient (Wildman–Crippen LogP) is 3.22. The molecule has 1 heterocycles. The van der Waals surface area contributed by atoms with E-state index in [9.17, 15) is 23.2 Å². The van der Waals surface area contributed by atoms with E-state index < -0.39 is 29.5 Å². The van der Waals surface area contributed by atoms with Gasteiger partial charge in [0.2, 0.25) is 0 Å². The summed E-state index contributed by atoms with van der Waals surface area (Å²) >= 11 is 0. The van der Waals surface area contributed by atoms with E-state index in [1.54, 1.807) is 0 Å². The number of nitrogens with one attached hydrogen (secondary N) is 1. The third kappa shape index (κ3) is 6.11. The highest BCUT2D eigenvalue weighted by Crippen LogP contribution is 2.34. The Hall–Kier alpha value is -3.37. The third-order valence-electron chi connectivity index (χ3n) is 5.03. The minimum Gasteiger partial charge on any atom is -0.493 e. The molecule has 0 saturated carbocycles. The minimum atomic E-state index is -3.21. The number of halogens is 2. The van der Waals surface area contributed by atoms with Crippen molar-refractivity contribution in [3.63, 3.8) is 0 Å². The summed E-state index contributed by atoms with van der Waals surface area (Å²) < 4.78 is 37.0. The molecular formula is C22H30F2N4O5. The van der Waals surface area contributed by atoms with Gasteiger partial charge in [-0.3, -0.25) is 19.1 Å². The van der Waals surface area contributed by atoms with Crippen LogP contribution in [-0.4, -0.2) is 35.7 Å². The SMILES string of the molecule is CCCCn1c(N)c(N(CCC(C)C)C(=O)c2cccc(OC)c2OC(F)F)c(=O)[nH]c1=O. The maximum Gasteiger partial charge on any atom is 0.387 e. The fourth-order valence-electron chi connectivity index (χ4n) is 3.28. The average molecular weight is 469 g/mol. The number of H-pyrrole nitrogens is 1. The van der Waals surface area contributed by atoms with E-state index in [-0.39, 0.29) is 41.8 Å². The molecule has 1 aromatic heterocycles. The lowest BCUT2D eigenvalue weighted by atomic mass is 10.1. The summed E-state index contributed by atoms with van der Waals surface area (Å²) in [6, 6.07) is 4.11. The number of nitrogens with two attached hydrogens (primary N) is 1. The Morgan fingerprint density at radius 2 is 1.97 bits per heavy atom. The Labute approximate surface area is 190 Å². The maximum absolute atomic E-state index is 13.6. The highest BCUT2D eigenvalue weighted by atomic mass is 19.3. The maximum atomic E-state index is 13.6.